The van der Waals surface area contributed by atoms with E-state index in [1.807, 2.05) is 43.3 Å². The van der Waals surface area contributed by atoms with Gasteiger partial charge in [-0.15, -0.1) is 0 Å². The zero-order chi connectivity index (χ0) is 14.7. The molecule has 106 valence electrons. The number of phenols is 1. The Bertz CT molecular complexity index is 738. The Morgan fingerprint density at radius 1 is 1.19 bits per heavy atom. The van der Waals surface area contributed by atoms with Crippen LogP contribution in [-0.4, -0.2) is 19.9 Å². The zero-order valence-corrected chi connectivity index (χ0v) is 11.7. The van der Waals surface area contributed by atoms with Crippen LogP contribution in [0.15, 0.2) is 55.1 Å². The van der Waals surface area contributed by atoms with Gasteiger partial charge in [-0.2, -0.15) is 5.10 Å². The molecule has 1 heterocycles. The van der Waals surface area contributed by atoms with E-state index in [1.54, 1.807) is 17.1 Å². The predicted molar refractivity (Wildman–Crippen MR) is 81.5 cm³/mol. The Morgan fingerprint density at radius 3 is 2.86 bits per heavy atom. The van der Waals surface area contributed by atoms with Crippen molar-refractivity contribution in [3.8, 4) is 11.4 Å². The minimum Gasteiger partial charge on any atom is -0.508 e. The number of aromatic nitrogens is 3. The van der Waals surface area contributed by atoms with Gasteiger partial charge in [0.25, 0.3) is 0 Å². The molecular weight excluding hydrogens is 264 g/mol. The van der Waals surface area contributed by atoms with Crippen molar-refractivity contribution in [1.29, 1.82) is 0 Å². The molecule has 0 aliphatic rings. The summed E-state index contributed by atoms with van der Waals surface area (Å²) in [5.41, 5.74) is 3.84. The fraction of sp³-hybridized carbons (Fsp3) is 0.125. The fourth-order valence-corrected chi connectivity index (χ4v) is 2.20. The molecule has 21 heavy (non-hydrogen) atoms. The van der Waals surface area contributed by atoms with Crippen LogP contribution in [0.1, 0.15) is 11.1 Å². The Hall–Kier alpha value is -2.82. The van der Waals surface area contributed by atoms with E-state index < -0.39 is 0 Å². The summed E-state index contributed by atoms with van der Waals surface area (Å²) in [6.07, 6.45) is 3.16. The average molecular weight is 280 g/mol. The van der Waals surface area contributed by atoms with Gasteiger partial charge >= 0.3 is 0 Å². The molecule has 2 N–H and O–H groups in total. The van der Waals surface area contributed by atoms with Gasteiger partial charge in [-0.3, -0.25) is 0 Å². The highest BCUT2D eigenvalue weighted by molar-refractivity contribution is 5.60. The third-order valence-electron chi connectivity index (χ3n) is 3.27. The van der Waals surface area contributed by atoms with Crippen LogP contribution in [-0.2, 0) is 6.54 Å². The highest BCUT2D eigenvalue weighted by Crippen LogP contribution is 2.23. The lowest BCUT2D eigenvalue weighted by molar-refractivity contribution is 0.469. The molecule has 0 saturated carbocycles. The second-order valence-corrected chi connectivity index (χ2v) is 4.84. The summed E-state index contributed by atoms with van der Waals surface area (Å²) < 4.78 is 1.71. The Morgan fingerprint density at radius 2 is 2.05 bits per heavy atom. The zero-order valence-electron chi connectivity index (χ0n) is 11.7. The van der Waals surface area contributed by atoms with E-state index in [0.717, 1.165) is 22.5 Å². The number of nitrogens with zero attached hydrogens (tertiary/aromatic N) is 3. The van der Waals surface area contributed by atoms with E-state index in [4.69, 9.17) is 0 Å². The second kappa shape index (κ2) is 5.66. The van der Waals surface area contributed by atoms with Crippen molar-refractivity contribution in [2.24, 2.45) is 0 Å². The molecule has 3 aromatic rings. The van der Waals surface area contributed by atoms with Crippen molar-refractivity contribution >= 4 is 5.69 Å². The monoisotopic (exact) mass is 280 g/mol. The van der Waals surface area contributed by atoms with Crippen molar-refractivity contribution in [2.45, 2.75) is 13.5 Å². The number of aromatic hydroxyl groups is 1. The first kappa shape index (κ1) is 13.2. The summed E-state index contributed by atoms with van der Waals surface area (Å²) in [5.74, 6) is 0.298. The number of rotatable bonds is 4. The van der Waals surface area contributed by atoms with Gasteiger partial charge in [-0.1, -0.05) is 29.8 Å². The van der Waals surface area contributed by atoms with Crippen LogP contribution < -0.4 is 5.32 Å². The van der Waals surface area contributed by atoms with E-state index in [9.17, 15) is 5.11 Å². The van der Waals surface area contributed by atoms with Crippen molar-refractivity contribution in [3.05, 3.63) is 66.2 Å². The first-order valence-corrected chi connectivity index (χ1v) is 6.70. The van der Waals surface area contributed by atoms with E-state index in [2.05, 4.69) is 15.4 Å². The molecule has 5 heteroatoms. The smallest absolute Gasteiger partial charge is 0.138 e. The molecule has 0 radical (unpaired) electrons. The number of anilines is 1. The lowest BCUT2D eigenvalue weighted by Gasteiger charge is -2.12. The average Bonchev–Trinajstić information content (AvgIpc) is 3.03. The van der Waals surface area contributed by atoms with E-state index in [0.29, 0.717) is 12.3 Å². The molecule has 2 aromatic carbocycles. The Labute approximate surface area is 122 Å². The maximum Gasteiger partial charge on any atom is 0.138 e. The van der Waals surface area contributed by atoms with Gasteiger partial charge in [0.1, 0.15) is 18.4 Å². The minimum absolute atomic E-state index is 0.298. The molecule has 0 aliphatic carbocycles. The van der Waals surface area contributed by atoms with Crippen LogP contribution in [0.2, 0.25) is 0 Å². The molecule has 0 spiro atoms. The largest absolute Gasteiger partial charge is 0.508 e. The van der Waals surface area contributed by atoms with Crippen molar-refractivity contribution in [2.75, 3.05) is 5.32 Å². The number of benzene rings is 2. The number of aryl methyl sites for hydroxylation is 1. The Kier molecular flexibility index (Phi) is 3.55. The standard InChI is InChI=1S/C16H16N4O/c1-12-6-7-16(21)13(8-12)9-18-14-4-2-3-5-15(14)20-11-17-10-19-20/h2-8,10-11,18,21H,9H2,1H3. The van der Waals surface area contributed by atoms with Gasteiger partial charge in [0.2, 0.25) is 0 Å². The molecule has 3 rings (SSSR count). The van der Waals surface area contributed by atoms with Crippen LogP contribution in [0.25, 0.3) is 5.69 Å². The van der Waals surface area contributed by atoms with Gasteiger partial charge in [-0.05, 0) is 25.1 Å². The van der Waals surface area contributed by atoms with Crippen LogP contribution in [0, 0.1) is 6.92 Å². The normalized spacial score (nSPS) is 10.5. The summed E-state index contributed by atoms with van der Waals surface area (Å²) in [6, 6.07) is 13.4. The lowest BCUT2D eigenvalue weighted by atomic mass is 10.1. The van der Waals surface area contributed by atoms with Gasteiger partial charge in [-0.25, -0.2) is 9.67 Å². The highest BCUT2D eigenvalue weighted by Gasteiger charge is 2.06. The SMILES string of the molecule is Cc1ccc(O)c(CNc2ccccc2-n2cncn2)c1. The molecule has 0 atom stereocenters. The van der Waals surface area contributed by atoms with Crippen molar-refractivity contribution in [3.63, 3.8) is 0 Å². The third-order valence-corrected chi connectivity index (χ3v) is 3.27. The maximum absolute atomic E-state index is 9.90. The number of para-hydroxylation sites is 2. The fourth-order valence-electron chi connectivity index (χ4n) is 2.20. The van der Waals surface area contributed by atoms with Crippen LogP contribution in [0.5, 0.6) is 5.75 Å². The summed E-state index contributed by atoms with van der Waals surface area (Å²) in [6.45, 7) is 2.55. The second-order valence-electron chi connectivity index (χ2n) is 4.84. The van der Waals surface area contributed by atoms with Crippen molar-refractivity contribution in [1.82, 2.24) is 14.8 Å². The molecule has 0 fully saturated rings. The summed E-state index contributed by atoms with van der Waals surface area (Å²) >= 11 is 0. The summed E-state index contributed by atoms with van der Waals surface area (Å²) in [5, 5.41) is 17.4. The Balaban J connectivity index is 1.84. The van der Waals surface area contributed by atoms with Crippen LogP contribution in [0.3, 0.4) is 0 Å². The minimum atomic E-state index is 0.298. The molecule has 5 nitrogen and oxygen atoms in total. The van der Waals surface area contributed by atoms with Crippen molar-refractivity contribution < 1.29 is 5.11 Å². The summed E-state index contributed by atoms with van der Waals surface area (Å²) in [4.78, 5) is 3.97. The van der Waals surface area contributed by atoms with E-state index in [1.165, 1.54) is 6.33 Å². The van der Waals surface area contributed by atoms with Crippen LogP contribution >= 0.6 is 0 Å². The molecule has 0 bridgehead atoms. The number of nitrogens with one attached hydrogen (secondary N) is 1. The van der Waals surface area contributed by atoms with Gasteiger partial charge in [0, 0.05) is 12.1 Å². The lowest BCUT2D eigenvalue weighted by Crippen LogP contribution is -2.05. The van der Waals surface area contributed by atoms with Gasteiger partial charge in [0.15, 0.2) is 0 Å². The first-order chi connectivity index (χ1) is 10.2. The molecule has 0 saturated heterocycles. The van der Waals surface area contributed by atoms with E-state index >= 15 is 0 Å². The number of hydrogen-bond acceptors (Lipinski definition) is 4. The molecule has 0 unspecified atom stereocenters. The quantitative estimate of drug-likeness (QED) is 0.771. The van der Waals surface area contributed by atoms with Crippen LogP contribution in [0.4, 0.5) is 5.69 Å². The summed E-state index contributed by atoms with van der Waals surface area (Å²) in [7, 11) is 0. The topological polar surface area (TPSA) is 63.0 Å². The third kappa shape index (κ3) is 2.86. The maximum atomic E-state index is 9.90. The van der Waals surface area contributed by atoms with Gasteiger partial charge < -0.3 is 10.4 Å². The van der Waals surface area contributed by atoms with Gasteiger partial charge in [0.05, 0.1) is 11.4 Å². The molecule has 1 aromatic heterocycles. The molecule has 0 aliphatic heterocycles. The predicted octanol–water partition coefficient (Wildman–Crippen LogP) is 2.89. The highest BCUT2D eigenvalue weighted by atomic mass is 16.3. The molecule has 0 amide bonds. The molecular formula is C16H16N4O. The first-order valence-electron chi connectivity index (χ1n) is 6.70. The number of phenolic OH excluding ortho intramolecular Hbond substituents is 1. The van der Waals surface area contributed by atoms with E-state index in [-0.39, 0.29) is 0 Å². The number of hydrogen-bond donors (Lipinski definition) is 2.